The Balaban J connectivity index is 1.72. The highest BCUT2D eigenvalue weighted by Gasteiger charge is 2.02. The van der Waals surface area contributed by atoms with Gasteiger partial charge in [-0.15, -0.1) is 0 Å². The van der Waals surface area contributed by atoms with E-state index in [0.29, 0.717) is 98.1 Å². The van der Waals surface area contributed by atoms with Gasteiger partial charge in [0, 0.05) is 19.0 Å². The molecule has 1 N–H and O–H groups in total. The molecular weight excluding hydrogens is 522 g/mol. The Kier molecular flexibility index (Phi) is 24.1. The lowest BCUT2D eigenvalue weighted by Crippen LogP contribution is -2.15. The van der Waals surface area contributed by atoms with E-state index in [9.17, 15) is 9.59 Å². The predicted molar refractivity (Wildman–Crippen MR) is 151 cm³/mol. The molecule has 0 bridgehead atoms. The normalized spacial score (nSPS) is 10.9. The van der Waals surface area contributed by atoms with Crippen molar-refractivity contribution in [3.05, 3.63) is 24.3 Å². The summed E-state index contributed by atoms with van der Waals surface area (Å²) in [5.41, 5.74) is 0.731. The number of amides is 1. The largest absolute Gasteiger partial charge is 0.491 e. The second-order valence-electron chi connectivity index (χ2n) is 8.76. The number of rotatable bonds is 28. The number of benzene rings is 1. The topological polar surface area (TPSA) is 120 Å². The molecular formula is C29H49NO10. The van der Waals surface area contributed by atoms with Gasteiger partial charge in [0.1, 0.15) is 19.0 Å². The van der Waals surface area contributed by atoms with E-state index in [1.165, 1.54) is 6.92 Å². The minimum absolute atomic E-state index is 0.108. The lowest BCUT2D eigenvalue weighted by molar-refractivity contribution is -0.145. The summed E-state index contributed by atoms with van der Waals surface area (Å²) in [4.78, 5) is 22.5. The standard InChI is InChI=1S/C29H49NO10/c1-3-4-5-6-7-29(32)40-25-23-38-21-19-36-17-15-34-13-12-33-14-16-35-18-20-37-22-24-39-28-10-8-27(9-11-28)30-26(2)31/h8-11H,3-7,12-25H2,1-2H3,(H,30,31). The van der Waals surface area contributed by atoms with Crippen molar-refractivity contribution in [2.75, 3.05) is 97.8 Å². The van der Waals surface area contributed by atoms with Crippen molar-refractivity contribution < 1.29 is 47.5 Å². The number of esters is 1. The summed E-state index contributed by atoms with van der Waals surface area (Å²) in [5, 5.41) is 2.71. The van der Waals surface area contributed by atoms with Gasteiger partial charge in [-0.1, -0.05) is 26.2 Å². The minimum Gasteiger partial charge on any atom is -0.491 e. The van der Waals surface area contributed by atoms with E-state index in [1.807, 2.05) is 0 Å². The van der Waals surface area contributed by atoms with Crippen LogP contribution < -0.4 is 10.1 Å². The number of hydrogen-bond acceptors (Lipinski definition) is 10. The number of carbonyl (C=O) groups excluding carboxylic acids is 2. The van der Waals surface area contributed by atoms with Crippen molar-refractivity contribution in [1.82, 2.24) is 0 Å². The average molecular weight is 572 g/mol. The van der Waals surface area contributed by atoms with Gasteiger partial charge in [0.05, 0.1) is 79.3 Å². The zero-order valence-corrected chi connectivity index (χ0v) is 24.3. The highest BCUT2D eigenvalue weighted by Crippen LogP contribution is 2.15. The quantitative estimate of drug-likeness (QED) is 0.118. The van der Waals surface area contributed by atoms with Crippen LogP contribution >= 0.6 is 0 Å². The number of unbranched alkanes of at least 4 members (excludes halogenated alkanes) is 3. The monoisotopic (exact) mass is 571 g/mol. The summed E-state index contributed by atoms with van der Waals surface area (Å²) in [6, 6.07) is 7.17. The Morgan fingerprint density at radius 2 is 1.05 bits per heavy atom. The van der Waals surface area contributed by atoms with E-state index >= 15 is 0 Å². The smallest absolute Gasteiger partial charge is 0.305 e. The van der Waals surface area contributed by atoms with E-state index < -0.39 is 0 Å². The van der Waals surface area contributed by atoms with E-state index in [-0.39, 0.29) is 18.5 Å². The summed E-state index contributed by atoms with van der Waals surface area (Å²) >= 11 is 0. The lowest BCUT2D eigenvalue weighted by atomic mass is 10.2. The molecule has 0 aliphatic heterocycles. The Labute approximate surface area is 239 Å². The molecule has 0 spiro atoms. The zero-order chi connectivity index (χ0) is 28.9. The van der Waals surface area contributed by atoms with Crippen LogP contribution in [-0.2, 0) is 42.7 Å². The van der Waals surface area contributed by atoms with Crippen LogP contribution in [0.15, 0.2) is 24.3 Å². The second kappa shape index (κ2) is 26.9. The average Bonchev–Trinajstić information content (AvgIpc) is 2.94. The molecule has 0 unspecified atom stereocenters. The van der Waals surface area contributed by atoms with Crippen LogP contribution in [0.5, 0.6) is 5.75 Å². The van der Waals surface area contributed by atoms with Crippen molar-refractivity contribution in [2.45, 2.75) is 46.0 Å². The highest BCUT2D eigenvalue weighted by molar-refractivity contribution is 5.88. The number of hydrogen-bond donors (Lipinski definition) is 1. The van der Waals surface area contributed by atoms with Gasteiger partial charge >= 0.3 is 5.97 Å². The van der Waals surface area contributed by atoms with Crippen LogP contribution in [0.25, 0.3) is 0 Å². The van der Waals surface area contributed by atoms with Gasteiger partial charge < -0.3 is 43.2 Å². The molecule has 0 saturated heterocycles. The van der Waals surface area contributed by atoms with Crippen molar-refractivity contribution in [1.29, 1.82) is 0 Å². The molecule has 230 valence electrons. The third-order valence-electron chi connectivity index (χ3n) is 5.26. The van der Waals surface area contributed by atoms with Gasteiger partial charge in [-0.05, 0) is 30.7 Å². The first-order valence-corrected chi connectivity index (χ1v) is 14.2. The van der Waals surface area contributed by atoms with Gasteiger partial charge in [-0.3, -0.25) is 9.59 Å². The lowest BCUT2D eigenvalue weighted by Gasteiger charge is -2.09. The van der Waals surface area contributed by atoms with E-state index in [1.54, 1.807) is 24.3 Å². The minimum atomic E-state index is -0.154. The summed E-state index contributed by atoms with van der Waals surface area (Å²) in [7, 11) is 0. The molecule has 0 saturated carbocycles. The molecule has 0 aromatic heterocycles. The third kappa shape index (κ3) is 23.6. The van der Waals surface area contributed by atoms with Crippen molar-refractivity contribution in [2.24, 2.45) is 0 Å². The van der Waals surface area contributed by atoms with Gasteiger partial charge in [0.15, 0.2) is 0 Å². The molecule has 1 aromatic rings. The molecule has 0 fully saturated rings. The first kappa shape index (κ1) is 35.7. The van der Waals surface area contributed by atoms with Crippen molar-refractivity contribution in [3.8, 4) is 5.75 Å². The fraction of sp³-hybridized carbons (Fsp3) is 0.724. The van der Waals surface area contributed by atoms with Crippen molar-refractivity contribution >= 4 is 17.6 Å². The molecule has 1 rings (SSSR count). The van der Waals surface area contributed by atoms with Crippen LogP contribution in [0.3, 0.4) is 0 Å². The van der Waals surface area contributed by atoms with E-state index in [4.69, 9.17) is 37.9 Å². The van der Waals surface area contributed by atoms with Crippen LogP contribution in [0.1, 0.15) is 46.0 Å². The number of nitrogens with one attached hydrogen (secondary N) is 1. The summed E-state index contributed by atoms with van der Waals surface area (Å²) in [6.07, 6.45) is 4.75. The zero-order valence-electron chi connectivity index (χ0n) is 24.3. The molecule has 0 aliphatic rings. The molecule has 11 nitrogen and oxygen atoms in total. The molecule has 0 aliphatic carbocycles. The fourth-order valence-corrected chi connectivity index (χ4v) is 3.24. The Bertz CT molecular complexity index is 732. The Hall–Kier alpha value is -2.28. The molecule has 0 atom stereocenters. The van der Waals surface area contributed by atoms with Gasteiger partial charge in [-0.2, -0.15) is 0 Å². The molecule has 1 aromatic carbocycles. The van der Waals surface area contributed by atoms with Crippen LogP contribution in [-0.4, -0.2) is 104 Å². The van der Waals surface area contributed by atoms with Crippen LogP contribution in [0.4, 0.5) is 5.69 Å². The fourth-order valence-electron chi connectivity index (χ4n) is 3.24. The van der Waals surface area contributed by atoms with Gasteiger partial charge in [-0.25, -0.2) is 0 Å². The highest BCUT2D eigenvalue weighted by atomic mass is 16.6. The van der Waals surface area contributed by atoms with Crippen molar-refractivity contribution in [3.63, 3.8) is 0 Å². The Morgan fingerprint density at radius 3 is 1.50 bits per heavy atom. The van der Waals surface area contributed by atoms with Crippen LogP contribution in [0, 0.1) is 0 Å². The number of ether oxygens (including phenoxy) is 8. The summed E-state index contributed by atoms with van der Waals surface area (Å²) in [6.45, 7) is 9.95. The first-order valence-electron chi connectivity index (χ1n) is 14.2. The molecule has 40 heavy (non-hydrogen) atoms. The van der Waals surface area contributed by atoms with Crippen LogP contribution in [0.2, 0.25) is 0 Å². The molecule has 0 heterocycles. The molecule has 11 heteroatoms. The summed E-state index contributed by atoms with van der Waals surface area (Å²) in [5.74, 6) is 0.453. The first-order chi connectivity index (χ1) is 19.6. The molecule has 1 amide bonds. The van der Waals surface area contributed by atoms with E-state index in [0.717, 1.165) is 31.4 Å². The van der Waals surface area contributed by atoms with Gasteiger partial charge in [0.2, 0.25) is 5.91 Å². The van der Waals surface area contributed by atoms with Gasteiger partial charge in [0.25, 0.3) is 0 Å². The Morgan fingerprint density at radius 1 is 0.600 bits per heavy atom. The number of carbonyl (C=O) groups is 2. The predicted octanol–water partition coefficient (Wildman–Crippen LogP) is 3.64. The third-order valence-corrected chi connectivity index (χ3v) is 5.26. The number of anilines is 1. The SMILES string of the molecule is CCCCCCC(=O)OCCOCCOCCOCCOCCOCCOCCOc1ccc(NC(C)=O)cc1. The maximum Gasteiger partial charge on any atom is 0.305 e. The summed E-state index contributed by atoms with van der Waals surface area (Å²) < 4.78 is 43.4. The van der Waals surface area contributed by atoms with E-state index in [2.05, 4.69) is 12.2 Å². The maximum atomic E-state index is 11.5. The molecule has 0 radical (unpaired) electrons. The maximum absolute atomic E-state index is 11.5. The second-order valence-corrected chi connectivity index (χ2v) is 8.76.